The van der Waals surface area contributed by atoms with Gasteiger partial charge < -0.3 is 20.4 Å². The number of benzene rings is 1. The zero-order valence-electron chi connectivity index (χ0n) is 14.6. The first kappa shape index (κ1) is 18.9. The molecular formula is C18H19N3O5. The SMILES string of the molecule is CC(=O)c1cc(C(=O)O[C@H](C)C(=O)Nc2ccc(C(N)=O)cc2)n(C)c1. The average molecular weight is 357 g/mol. The van der Waals surface area contributed by atoms with E-state index < -0.39 is 23.9 Å². The first-order valence-electron chi connectivity index (χ1n) is 7.78. The summed E-state index contributed by atoms with van der Waals surface area (Å²) >= 11 is 0. The van der Waals surface area contributed by atoms with E-state index in [0.29, 0.717) is 16.8 Å². The number of primary amides is 1. The van der Waals surface area contributed by atoms with E-state index in [4.69, 9.17) is 10.5 Å². The van der Waals surface area contributed by atoms with Crippen molar-refractivity contribution in [3.05, 3.63) is 53.3 Å². The van der Waals surface area contributed by atoms with E-state index in [2.05, 4.69) is 5.32 Å². The van der Waals surface area contributed by atoms with Crippen molar-refractivity contribution in [1.29, 1.82) is 0 Å². The number of aryl methyl sites for hydroxylation is 1. The molecule has 0 saturated heterocycles. The largest absolute Gasteiger partial charge is 0.448 e. The van der Waals surface area contributed by atoms with Crippen LogP contribution in [0.1, 0.15) is 45.1 Å². The number of carbonyl (C=O) groups excluding carboxylic acids is 4. The number of rotatable bonds is 6. The number of anilines is 1. The van der Waals surface area contributed by atoms with Crippen molar-refractivity contribution in [1.82, 2.24) is 4.57 Å². The summed E-state index contributed by atoms with van der Waals surface area (Å²) in [7, 11) is 1.61. The van der Waals surface area contributed by atoms with E-state index in [1.807, 2.05) is 0 Å². The van der Waals surface area contributed by atoms with E-state index in [0.717, 1.165) is 0 Å². The summed E-state index contributed by atoms with van der Waals surface area (Å²) in [6, 6.07) is 7.40. The Labute approximate surface area is 149 Å². The lowest BCUT2D eigenvalue weighted by atomic mass is 10.2. The number of esters is 1. The van der Waals surface area contributed by atoms with Crippen LogP contribution in [0, 0.1) is 0 Å². The Morgan fingerprint density at radius 2 is 1.73 bits per heavy atom. The molecule has 1 heterocycles. The molecule has 0 aliphatic heterocycles. The standard InChI is InChI=1S/C18H19N3O5/c1-10(22)13-8-15(21(3)9-13)18(25)26-11(2)17(24)20-14-6-4-12(5-7-14)16(19)23/h4-9,11H,1-3H3,(H2,19,23)(H,20,24)/t11-/m1/s1. The third kappa shape index (κ3) is 4.35. The van der Waals surface area contributed by atoms with Crippen LogP contribution in [0.2, 0.25) is 0 Å². The number of carbonyl (C=O) groups is 4. The molecule has 8 nitrogen and oxygen atoms in total. The molecule has 2 aromatic rings. The molecule has 0 bridgehead atoms. The molecule has 1 atom stereocenters. The van der Waals surface area contributed by atoms with E-state index in [9.17, 15) is 19.2 Å². The highest BCUT2D eigenvalue weighted by Crippen LogP contribution is 2.13. The Kier molecular flexibility index (Phi) is 5.56. The third-order valence-corrected chi connectivity index (χ3v) is 3.71. The Morgan fingerprint density at radius 3 is 2.23 bits per heavy atom. The van der Waals surface area contributed by atoms with Gasteiger partial charge in [-0.3, -0.25) is 14.4 Å². The number of ketones is 1. The maximum absolute atomic E-state index is 12.2. The summed E-state index contributed by atoms with van der Waals surface area (Å²) in [5.74, 6) is -2.00. The molecule has 0 unspecified atom stereocenters. The highest BCUT2D eigenvalue weighted by molar-refractivity contribution is 6.00. The zero-order valence-corrected chi connectivity index (χ0v) is 14.6. The summed E-state index contributed by atoms with van der Waals surface area (Å²) in [4.78, 5) is 46.8. The summed E-state index contributed by atoms with van der Waals surface area (Å²) in [6.07, 6.45) is 0.457. The van der Waals surface area contributed by atoms with Crippen LogP contribution >= 0.6 is 0 Å². The Bertz CT molecular complexity index is 867. The predicted octanol–water partition coefficient (Wildman–Crippen LogP) is 1.51. The van der Waals surface area contributed by atoms with Gasteiger partial charge in [0.2, 0.25) is 5.91 Å². The van der Waals surface area contributed by atoms with Crippen LogP contribution in [0.15, 0.2) is 36.5 Å². The summed E-state index contributed by atoms with van der Waals surface area (Å²) in [5.41, 5.74) is 6.44. The number of amides is 2. The van der Waals surface area contributed by atoms with Gasteiger partial charge in [-0.2, -0.15) is 0 Å². The molecule has 0 aliphatic carbocycles. The summed E-state index contributed by atoms with van der Waals surface area (Å²) in [6.45, 7) is 2.82. The van der Waals surface area contributed by atoms with Gasteiger partial charge in [0.25, 0.3) is 5.91 Å². The number of nitrogens with zero attached hydrogens (tertiary/aromatic N) is 1. The van der Waals surface area contributed by atoms with Crippen LogP contribution in [0.3, 0.4) is 0 Å². The van der Waals surface area contributed by atoms with Gasteiger partial charge in [0.15, 0.2) is 11.9 Å². The molecule has 136 valence electrons. The lowest BCUT2D eigenvalue weighted by Gasteiger charge is -2.14. The van der Waals surface area contributed by atoms with Crippen LogP contribution in [-0.4, -0.2) is 34.2 Å². The molecule has 26 heavy (non-hydrogen) atoms. The first-order valence-corrected chi connectivity index (χ1v) is 7.78. The Hall–Kier alpha value is -3.42. The Morgan fingerprint density at radius 1 is 1.12 bits per heavy atom. The van der Waals surface area contributed by atoms with E-state index in [1.165, 1.54) is 54.9 Å². The van der Waals surface area contributed by atoms with Crippen LogP contribution < -0.4 is 11.1 Å². The van der Waals surface area contributed by atoms with Crippen LogP contribution in [0.25, 0.3) is 0 Å². The number of aromatic nitrogens is 1. The lowest BCUT2D eigenvalue weighted by molar-refractivity contribution is -0.123. The molecular weight excluding hydrogens is 338 g/mol. The van der Waals surface area contributed by atoms with Crippen molar-refractivity contribution in [2.75, 3.05) is 5.32 Å². The van der Waals surface area contributed by atoms with Gasteiger partial charge in [-0.05, 0) is 44.2 Å². The van der Waals surface area contributed by atoms with Gasteiger partial charge in [-0.15, -0.1) is 0 Å². The fraction of sp³-hybridized carbons (Fsp3) is 0.222. The fourth-order valence-corrected chi connectivity index (χ4v) is 2.20. The molecule has 8 heteroatoms. The normalized spacial score (nSPS) is 11.5. The van der Waals surface area contributed by atoms with Crippen LogP contribution in [0.5, 0.6) is 0 Å². The molecule has 2 rings (SSSR count). The smallest absolute Gasteiger partial charge is 0.355 e. The van der Waals surface area contributed by atoms with Gasteiger partial charge in [-0.1, -0.05) is 0 Å². The number of nitrogens with two attached hydrogens (primary N) is 1. The Balaban J connectivity index is 2.01. The first-order chi connectivity index (χ1) is 12.2. The molecule has 3 N–H and O–H groups in total. The van der Waals surface area contributed by atoms with E-state index in [1.54, 1.807) is 7.05 Å². The van der Waals surface area contributed by atoms with Gasteiger partial charge in [-0.25, -0.2) is 4.79 Å². The summed E-state index contributed by atoms with van der Waals surface area (Å²) in [5, 5.41) is 2.57. The average Bonchev–Trinajstić information content (AvgIpc) is 2.97. The maximum Gasteiger partial charge on any atom is 0.355 e. The maximum atomic E-state index is 12.2. The molecule has 2 amide bonds. The van der Waals surface area contributed by atoms with Crippen molar-refractivity contribution in [2.24, 2.45) is 12.8 Å². The van der Waals surface area contributed by atoms with Crippen molar-refractivity contribution in [3.63, 3.8) is 0 Å². The second-order valence-electron chi connectivity index (χ2n) is 5.76. The van der Waals surface area contributed by atoms with Crippen LogP contribution in [0.4, 0.5) is 5.69 Å². The minimum atomic E-state index is -1.06. The van der Waals surface area contributed by atoms with Crippen molar-refractivity contribution < 1.29 is 23.9 Å². The van der Waals surface area contributed by atoms with Gasteiger partial charge in [0.05, 0.1) is 0 Å². The van der Waals surface area contributed by atoms with Crippen molar-refractivity contribution in [3.8, 4) is 0 Å². The highest BCUT2D eigenvalue weighted by Gasteiger charge is 2.22. The number of hydrogen-bond donors (Lipinski definition) is 2. The number of nitrogens with one attached hydrogen (secondary N) is 1. The van der Waals surface area contributed by atoms with E-state index in [-0.39, 0.29) is 11.5 Å². The van der Waals surface area contributed by atoms with E-state index >= 15 is 0 Å². The molecule has 0 fully saturated rings. The molecule has 0 spiro atoms. The van der Waals surface area contributed by atoms with Crippen molar-refractivity contribution >= 4 is 29.3 Å². The molecule has 0 radical (unpaired) electrons. The summed E-state index contributed by atoms with van der Waals surface area (Å²) < 4.78 is 6.61. The minimum absolute atomic E-state index is 0.167. The monoisotopic (exact) mass is 357 g/mol. The quantitative estimate of drug-likeness (QED) is 0.600. The number of ether oxygens (including phenoxy) is 1. The van der Waals surface area contributed by atoms with Crippen molar-refractivity contribution in [2.45, 2.75) is 20.0 Å². The minimum Gasteiger partial charge on any atom is -0.448 e. The van der Waals surface area contributed by atoms with Gasteiger partial charge in [0.1, 0.15) is 5.69 Å². The molecule has 0 aliphatic rings. The zero-order chi connectivity index (χ0) is 19.4. The second kappa shape index (κ2) is 7.64. The van der Waals surface area contributed by atoms with Gasteiger partial charge >= 0.3 is 5.97 Å². The topological polar surface area (TPSA) is 120 Å². The van der Waals surface area contributed by atoms with Crippen LogP contribution in [-0.2, 0) is 16.6 Å². The highest BCUT2D eigenvalue weighted by atomic mass is 16.5. The third-order valence-electron chi connectivity index (χ3n) is 3.71. The lowest BCUT2D eigenvalue weighted by Crippen LogP contribution is -2.30. The molecule has 1 aromatic heterocycles. The predicted molar refractivity (Wildman–Crippen MR) is 93.9 cm³/mol. The van der Waals surface area contributed by atoms with Gasteiger partial charge in [0, 0.05) is 30.1 Å². The number of hydrogen-bond acceptors (Lipinski definition) is 5. The number of Topliss-reactive ketones (excluding diaryl/α,β-unsaturated/α-hetero) is 1. The fourth-order valence-electron chi connectivity index (χ4n) is 2.20. The molecule has 1 aromatic carbocycles. The second-order valence-corrected chi connectivity index (χ2v) is 5.76. The molecule has 0 saturated carbocycles.